The number of piperidine rings is 1. The van der Waals surface area contributed by atoms with Crippen LogP contribution < -0.4 is 4.90 Å². The zero-order valence-electron chi connectivity index (χ0n) is 11.3. The molecule has 2 fully saturated rings. The highest BCUT2D eigenvalue weighted by Gasteiger charge is 2.40. The molecule has 104 valence electrons. The van der Waals surface area contributed by atoms with Gasteiger partial charge in [0.25, 0.3) is 0 Å². The Morgan fingerprint density at radius 1 is 1.30 bits per heavy atom. The molecule has 5 heteroatoms. The van der Waals surface area contributed by atoms with Crippen molar-refractivity contribution in [3.63, 3.8) is 0 Å². The molecule has 0 radical (unpaired) electrons. The molecule has 1 aromatic heterocycles. The van der Waals surface area contributed by atoms with Crippen molar-refractivity contribution in [1.82, 2.24) is 9.97 Å². The Morgan fingerprint density at radius 3 is 2.50 bits per heavy atom. The van der Waals surface area contributed by atoms with Gasteiger partial charge in [-0.15, -0.1) is 0 Å². The van der Waals surface area contributed by atoms with E-state index in [0.717, 1.165) is 44.7 Å². The molecule has 1 saturated heterocycles. The zero-order chi connectivity index (χ0) is 14.0. The lowest BCUT2D eigenvalue weighted by atomic mass is 9.94. The van der Waals surface area contributed by atoms with Gasteiger partial charge in [0, 0.05) is 13.1 Å². The van der Waals surface area contributed by atoms with E-state index in [1.807, 2.05) is 0 Å². The van der Waals surface area contributed by atoms with Crippen LogP contribution in [0.4, 0.5) is 5.95 Å². The minimum atomic E-state index is -0.129. The van der Waals surface area contributed by atoms with Crippen LogP contribution >= 0.6 is 11.6 Å². The lowest BCUT2D eigenvalue weighted by Crippen LogP contribution is -2.34. The maximum Gasteiger partial charge on any atom is 0.225 e. The van der Waals surface area contributed by atoms with E-state index in [1.54, 1.807) is 12.4 Å². The average Bonchev–Trinajstić information content (AvgIpc) is 3.27. The molecule has 1 aliphatic heterocycles. The molecule has 0 N–H and O–H groups in total. The monoisotopic (exact) mass is 288 g/mol. The van der Waals surface area contributed by atoms with Crippen molar-refractivity contribution in [2.45, 2.75) is 25.7 Å². The highest BCUT2D eigenvalue weighted by molar-refractivity contribution is 6.30. The fourth-order valence-corrected chi connectivity index (χ4v) is 2.63. The number of allylic oxidation sites excluding steroid dienone is 2. The summed E-state index contributed by atoms with van der Waals surface area (Å²) in [6.07, 6.45) is 11.9. The summed E-state index contributed by atoms with van der Waals surface area (Å²) < 4.78 is 0. The predicted molar refractivity (Wildman–Crippen MR) is 78.4 cm³/mol. The van der Waals surface area contributed by atoms with Crippen LogP contribution in [0.5, 0.6) is 0 Å². The molecular weight excluding hydrogens is 272 g/mol. The molecule has 0 atom stereocenters. The van der Waals surface area contributed by atoms with E-state index in [2.05, 4.69) is 33.1 Å². The van der Waals surface area contributed by atoms with Gasteiger partial charge < -0.3 is 4.90 Å². The molecule has 20 heavy (non-hydrogen) atoms. The van der Waals surface area contributed by atoms with Crippen LogP contribution in [0.3, 0.4) is 0 Å². The number of anilines is 1. The summed E-state index contributed by atoms with van der Waals surface area (Å²) in [4.78, 5) is 10.7. The number of hydrogen-bond donors (Lipinski definition) is 0. The molecule has 1 aliphatic carbocycles. The molecule has 0 unspecified atom stereocenters. The lowest BCUT2D eigenvalue weighted by molar-refractivity contribution is 0.471. The van der Waals surface area contributed by atoms with E-state index < -0.39 is 0 Å². The molecular formula is C15H17ClN4. The van der Waals surface area contributed by atoms with E-state index in [9.17, 15) is 0 Å². The lowest BCUT2D eigenvalue weighted by Gasteiger charge is -2.30. The highest BCUT2D eigenvalue weighted by Crippen LogP contribution is 2.46. The van der Waals surface area contributed by atoms with Crippen LogP contribution in [0.15, 0.2) is 24.5 Å². The van der Waals surface area contributed by atoms with Gasteiger partial charge in [-0.1, -0.05) is 23.8 Å². The second-order valence-electron chi connectivity index (χ2n) is 5.65. The Bertz CT molecular complexity index is 534. The minimum Gasteiger partial charge on any atom is -0.341 e. The second kappa shape index (κ2) is 5.41. The summed E-state index contributed by atoms with van der Waals surface area (Å²) in [6.45, 7) is 1.91. The first-order chi connectivity index (χ1) is 9.71. The van der Waals surface area contributed by atoms with Gasteiger partial charge >= 0.3 is 0 Å². The van der Waals surface area contributed by atoms with Crippen molar-refractivity contribution in [3.05, 3.63) is 29.6 Å². The third kappa shape index (κ3) is 2.94. The van der Waals surface area contributed by atoms with Crippen LogP contribution in [0.1, 0.15) is 25.7 Å². The van der Waals surface area contributed by atoms with Crippen molar-refractivity contribution in [2.75, 3.05) is 18.0 Å². The fourth-order valence-electron chi connectivity index (χ4n) is 2.53. The van der Waals surface area contributed by atoms with E-state index in [0.29, 0.717) is 10.9 Å². The fraction of sp³-hybridized carbons (Fsp3) is 0.533. The van der Waals surface area contributed by atoms with E-state index in [1.165, 1.54) is 0 Å². The molecule has 1 saturated carbocycles. The number of halogens is 1. The number of rotatable bonds is 3. The molecule has 2 heterocycles. The topological polar surface area (TPSA) is 52.8 Å². The maximum atomic E-state index is 9.06. The van der Waals surface area contributed by atoms with Gasteiger partial charge in [0.2, 0.25) is 5.95 Å². The van der Waals surface area contributed by atoms with E-state index in [4.69, 9.17) is 16.9 Å². The summed E-state index contributed by atoms with van der Waals surface area (Å²) in [7, 11) is 0. The number of hydrogen-bond acceptors (Lipinski definition) is 4. The number of nitrogens with zero attached hydrogens (tertiary/aromatic N) is 4. The summed E-state index contributed by atoms with van der Waals surface area (Å²) in [6, 6.07) is 2.40. The largest absolute Gasteiger partial charge is 0.341 e. The summed E-state index contributed by atoms with van der Waals surface area (Å²) in [5.74, 6) is 1.33. The Balaban J connectivity index is 1.55. The van der Waals surface area contributed by atoms with Gasteiger partial charge in [-0.2, -0.15) is 5.26 Å². The second-order valence-corrected chi connectivity index (χ2v) is 6.09. The first kappa shape index (κ1) is 13.4. The molecule has 2 aliphatic rings. The van der Waals surface area contributed by atoms with Gasteiger partial charge in [-0.25, -0.2) is 9.97 Å². The van der Waals surface area contributed by atoms with Crippen LogP contribution in [0.25, 0.3) is 0 Å². The van der Waals surface area contributed by atoms with Gasteiger partial charge in [0.1, 0.15) is 0 Å². The third-order valence-electron chi connectivity index (χ3n) is 4.13. The van der Waals surface area contributed by atoms with Crippen LogP contribution in [-0.4, -0.2) is 23.1 Å². The molecule has 1 aromatic rings. The maximum absolute atomic E-state index is 9.06. The quantitative estimate of drug-likeness (QED) is 0.802. The van der Waals surface area contributed by atoms with Gasteiger partial charge in [-0.3, -0.25) is 0 Å². The molecule has 0 amide bonds. The van der Waals surface area contributed by atoms with E-state index in [-0.39, 0.29) is 5.41 Å². The van der Waals surface area contributed by atoms with Crippen LogP contribution in [0.2, 0.25) is 5.02 Å². The minimum absolute atomic E-state index is 0.129. The summed E-state index contributed by atoms with van der Waals surface area (Å²) in [5, 5.41) is 9.63. The first-order valence-electron chi connectivity index (χ1n) is 7.04. The van der Waals surface area contributed by atoms with Crippen LogP contribution in [0, 0.1) is 22.7 Å². The number of aromatic nitrogens is 2. The first-order valence-corrected chi connectivity index (χ1v) is 7.42. The van der Waals surface area contributed by atoms with Crippen molar-refractivity contribution in [3.8, 4) is 6.07 Å². The van der Waals surface area contributed by atoms with Crippen LogP contribution in [-0.2, 0) is 0 Å². The highest BCUT2D eigenvalue weighted by atomic mass is 35.5. The summed E-state index contributed by atoms with van der Waals surface area (Å²) in [5.41, 5.74) is -0.129. The molecule has 3 rings (SSSR count). The van der Waals surface area contributed by atoms with Gasteiger partial charge in [-0.05, 0) is 31.6 Å². The smallest absolute Gasteiger partial charge is 0.225 e. The Hall–Kier alpha value is -1.60. The Morgan fingerprint density at radius 2 is 1.95 bits per heavy atom. The van der Waals surface area contributed by atoms with Crippen molar-refractivity contribution >= 4 is 17.5 Å². The zero-order valence-corrected chi connectivity index (χ0v) is 12.1. The standard InChI is InChI=1S/C15H17ClN4/c16-13-9-18-14(19-10-13)20-7-2-12(3-8-20)1-4-15(11-17)5-6-15/h1,4,9-10,12H,2-3,5-8H2/b4-1+. The van der Waals surface area contributed by atoms with Gasteiger partial charge in [0.05, 0.1) is 28.9 Å². The summed E-state index contributed by atoms with van der Waals surface area (Å²) >= 11 is 5.80. The molecule has 0 aromatic carbocycles. The Labute approximate surface area is 124 Å². The normalized spacial score (nSPS) is 21.9. The molecule has 0 spiro atoms. The van der Waals surface area contributed by atoms with Gasteiger partial charge in [0.15, 0.2) is 0 Å². The average molecular weight is 289 g/mol. The third-order valence-corrected chi connectivity index (χ3v) is 4.32. The Kier molecular flexibility index (Phi) is 3.62. The van der Waals surface area contributed by atoms with Crippen molar-refractivity contribution in [1.29, 1.82) is 5.26 Å². The van der Waals surface area contributed by atoms with Crippen molar-refractivity contribution < 1.29 is 0 Å². The SMILES string of the molecule is N#CC1(/C=C/C2CCN(c3ncc(Cl)cn3)CC2)CC1. The number of nitriles is 1. The molecule has 4 nitrogen and oxygen atoms in total. The predicted octanol–water partition coefficient (Wildman–Crippen LogP) is 3.21. The van der Waals surface area contributed by atoms with E-state index >= 15 is 0 Å². The van der Waals surface area contributed by atoms with Crippen molar-refractivity contribution in [2.24, 2.45) is 11.3 Å². The molecule has 0 bridgehead atoms.